The number of aliphatic carboxylic acids is 1. The molecular formula is C11H18N2O3. The summed E-state index contributed by atoms with van der Waals surface area (Å²) in [5, 5.41) is 11.5. The fraction of sp³-hybridized carbons (Fsp3) is 0.636. The van der Waals surface area contributed by atoms with E-state index in [0.29, 0.717) is 13.1 Å². The molecule has 0 fully saturated rings. The van der Waals surface area contributed by atoms with Crippen LogP contribution in [0.2, 0.25) is 0 Å². The van der Waals surface area contributed by atoms with E-state index in [1.807, 2.05) is 12.2 Å². The standard InChI is InChI=1S/C11H18N2O3/c1-8(10(14)15)9(2)12-11(16)13-6-4-3-5-7-13/h3-4,8-9H,5-7H2,1-2H3,(H,12,16)(H,14,15). The largest absolute Gasteiger partial charge is 0.481 e. The van der Waals surface area contributed by atoms with Crippen molar-refractivity contribution in [3.05, 3.63) is 12.2 Å². The summed E-state index contributed by atoms with van der Waals surface area (Å²) in [6.07, 6.45) is 4.83. The van der Waals surface area contributed by atoms with Gasteiger partial charge in [-0.1, -0.05) is 12.2 Å². The fourth-order valence-electron chi connectivity index (χ4n) is 1.45. The van der Waals surface area contributed by atoms with E-state index in [2.05, 4.69) is 5.32 Å². The van der Waals surface area contributed by atoms with Gasteiger partial charge < -0.3 is 15.3 Å². The lowest BCUT2D eigenvalue weighted by atomic mass is 10.0. The molecule has 2 amide bonds. The quantitative estimate of drug-likeness (QED) is 0.707. The molecule has 0 aliphatic carbocycles. The van der Waals surface area contributed by atoms with Gasteiger partial charge in [0.05, 0.1) is 5.92 Å². The molecule has 1 heterocycles. The maximum Gasteiger partial charge on any atom is 0.317 e. The Hall–Kier alpha value is -1.52. The van der Waals surface area contributed by atoms with Crippen LogP contribution >= 0.6 is 0 Å². The first-order valence-electron chi connectivity index (χ1n) is 5.45. The number of carboxylic acid groups (broad SMARTS) is 1. The van der Waals surface area contributed by atoms with Gasteiger partial charge in [0.25, 0.3) is 0 Å². The van der Waals surface area contributed by atoms with Gasteiger partial charge in [-0.3, -0.25) is 4.79 Å². The van der Waals surface area contributed by atoms with Gasteiger partial charge in [-0.05, 0) is 20.3 Å². The third-order valence-electron chi connectivity index (χ3n) is 2.84. The molecule has 90 valence electrons. The minimum absolute atomic E-state index is 0.190. The van der Waals surface area contributed by atoms with Gasteiger partial charge in [-0.2, -0.15) is 0 Å². The molecule has 0 spiro atoms. The van der Waals surface area contributed by atoms with Crippen LogP contribution in [0.4, 0.5) is 4.79 Å². The maximum atomic E-state index is 11.7. The Bertz CT molecular complexity index is 302. The lowest BCUT2D eigenvalue weighted by molar-refractivity contribution is -0.141. The molecule has 2 atom stereocenters. The zero-order valence-corrected chi connectivity index (χ0v) is 9.64. The minimum Gasteiger partial charge on any atom is -0.481 e. The second kappa shape index (κ2) is 5.53. The predicted octanol–water partition coefficient (Wildman–Crippen LogP) is 1.07. The van der Waals surface area contributed by atoms with Crippen molar-refractivity contribution in [3.8, 4) is 0 Å². The summed E-state index contributed by atoms with van der Waals surface area (Å²) < 4.78 is 0. The van der Waals surface area contributed by atoms with Gasteiger partial charge in [0, 0.05) is 19.1 Å². The van der Waals surface area contributed by atoms with Crippen LogP contribution in [0.5, 0.6) is 0 Å². The monoisotopic (exact) mass is 226 g/mol. The topological polar surface area (TPSA) is 69.6 Å². The van der Waals surface area contributed by atoms with Crippen LogP contribution in [-0.4, -0.2) is 41.1 Å². The highest BCUT2D eigenvalue weighted by Crippen LogP contribution is 2.05. The van der Waals surface area contributed by atoms with Crippen molar-refractivity contribution in [1.29, 1.82) is 0 Å². The van der Waals surface area contributed by atoms with E-state index in [0.717, 1.165) is 6.42 Å². The Kier molecular flexibility index (Phi) is 4.34. The summed E-state index contributed by atoms with van der Waals surface area (Å²) in [5.74, 6) is -1.48. The van der Waals surface area contributed by atoms with Crippen molar-refractivity contribution >= 4 is 12.0 Å². The molecule has 0 saturated carbocycles. The van der Waals surface area contributed by atoms with E-state index in [-0.39, 0.29) is 12.1 Å². The third kappa shape index (κ3) is 3.25. The molecule has 2 N–H and O–H groups in total. The van der Waals surface area contributed by atoms with Crippen LogP contribution in [0.25, 0.3) is 0 Å². The van der Waals surface area contributed by atoms with Gasteiger partial charge in [0.15, 0.2) is 0 Å². The number of urea groups is 1. The van der Waals surface area contributed by atoms with Crippen LogP contribution in [0.3, 0.4) is 0 Å². The number of amides is 2. The Morgan fingerprint density at radius 1 is 1.38 bits per heavy atom. The molecule has 0 aromatic heterocycles. The molecule has 16 heavy (non-hydrogen) atoms. The summed E-state index contributed by atoms with van der Waals surface area (Å²) in [5.41, 5.74) is 0. The molecule has 0 saturated heterocycles. The summed E-state index contributed by atoms with van der Waals surface area (Å²) in [7, 11) is 0. The first kappa shape index (κ1) is 12.5. The highest BCUT2D eigenvalue weighted by Gasteiger charge is 2.23. The number of carbonyl (C=O) groups excluding carboxylic acids is 1. The number of nitrogens with one attached hydrogen (secondary N) is 1. The van der Waals surface area contributed by atoms with E-state index < -0.39 is 11.9 Å². The molecule has 1 rings (SSSR count). The Morgan fingerprint density at radius 2 is 2.06 bits per heavy atom. The summed E-state index contributed by atoms with van der Waals surface area (Å²) >= 11 is 0. The van der Waals surface area contributed by atoms with E-state index >= 15 is 0 Å². The van der Waals surface area contributed by atoms with Gasteiger partial charge in [-0.15, -0.1) is 0 Å². The first-order valence-corrected chi connectivity index (χ1v) is 5.45. The van der Waals surface area contributed by atoms with Crippen molar-refractivity contribution < 1.29 is 14.7 Å². The van der Waals surface area contributed by atoms with Crippen molar-refractivity contribution in [2.24, 2.45) is 5.92 Å². The summed E-state index contributed by atoms with van der Waals surface area (Å²) in [6.45, 7) is 4.58. The lowest BCUT2D eigenvalue weighted by Crippen LogP contribution is -2.48. The van der Waals surface area contributed by atoms with Crippen LogP contribution in [-0.2, 0) is 4.79 Å². The van der Waals surface area contributed by atoms with Crippen molar-refractivity contribution in [3.63, 3.8) is 0 Å². The van der Waals surface area contributed by atoms with Crippen molar-refractivity contribution in [2.75, 3.05) is 13.1 Å². The first-order chi connectivity index (χ1) is 7.52. The Labute approximate surface area is 95.1 Å². The van der Waals surface area contributed by atoms with Crippen molar-refractivity contribution in [1.82, 2.24) is 10.2 Å². The molecule has 0 radical (unpaired) electrons. The number of hydrogen-bond acceptors (Lipinski definition) is 2. The average molecular weight is 226 g/mol. The molecule has 0 aromatic carbocycles. The number of hydrogen-bond donors (Lipinski definition) is 2. The van der Waals surface area contributed by atoms with E-state index in [4.69, 9.17) is 5.11 Å². The summed E-state index contributed by atoms with van der Waals surface area (Å²) in [6, 6.07) is -0.555. The normalized spacial score (nSPS) is 19.0. The van der Waals surface area contributed by atoms with Crippen LogP contribution in [0.1, 0.15) is 20.3 Å². The van der Waals surface area contributed by atoms with E-state index in [1.54, 1.807) is 18.7 Å². The second-order valence-corrected chi connectivity index (χ2v) is 4.07. The van der Waals surface area contributed by atoms with E-state index in [1.165, 1.54) is 0 Å². The average Bonchev–Trinajstić information content (AvgIpc) is 2.28. The van der Waals surface area contributed by atoms with Crippen molar-refractivity contribution in [2.45, 2.75) is 26.3 Å². The molecule has 1 aliphatic rings. The number of carboxylic acids is 1. The molecule has 2 unspecified atom stereocenters. The SMILES string of the molecule is CC(NC(=O)N1CC=CCC1)C(C)C(=O)O. The molecule has 5 heteroatoms. The maximum absolute atomic E-state index is 11.7. The number of rotatable bonds is 3. The zero-order valence-electron chi connectivity index (χ0n) is 9.64. The third-order valence-corrected chi connectivity index (χ3v) is 2.84. The molecule has 5 nitrogen and oxygen atoms in total. The second-order valence-electron chi connectivity index (χ2n) is 4.07. The number of carbonyl (C=O) groups is 2. The number of nitrogens with zero attached hydrogens (tertiary/aromatic N) is 1. The molecule has 0 bridgehead atoms. The highest BCUT2D eigenvalue weighted by atomic mass is 16.4. The van der Waals surface area contributed by atoms with Gasteiger partial charge in [-0.25, -0.2) is 4.79 Å². The minimum atomic E-state index is -0.897. The fourth-order valence-corrected chi connectivity index (χ4v) is 1.45. The van der Waals surface area contributed by atoms with Gasteiger partial charge >= 0.3 is 12.0 Å². The smallest absolute Gasteiger partial charge is 0.317 e. The highest BCUT2D eigenvalue weighted by molar-refractivity contribution is 5.76. The molecule has 1 aliphatic heterocycles. The molecular weight excluding hydrogens is 208 g/mol. The Morgan fingerprint density at radius 3 is 2.56 bits per heavy atom. The zero-order chi connectivity index (χ0) is 12.1. The predicted molar refractivity (Wildman–Crippen MR) is 60.1 cm³/mol. The lowest BCUT2D eigenvalue weighted by Gasteiger charge is -2.26. The van der Waals surface area contributed by atoms with Gasteiger partial charge in [0.2, 0.25) is 0 Å². The van der Waals surface area contributed by atoms with Gasteiger partial charge in [0.1, 0.15) is 0 Å². The molecule has 0 aromatic rings. The summed E-state index contributed by atoms with van der Waals surface area (Å²) in [4.78, 5) is 24.1. The van der Waals surface area contributed by atoms with Crippen LogP contribution < -0.4 is 5.32 Å². The Balaban J connectivity index is 2.44. The van der Waals surface area contributed by atoms with Crippen LogP contribution in [0.15, 0.2) is 12.2 Å². The van der Waals surface area contributed by atoms with E-state index in [9.17, 15) is 9.59 Å². The van der Waals surface area contributed by atoms with Crippen LogP contribution in [0, 0.1) is 5.92 Å².